The number of nitrogens with one attached hydrogen (secondary N) is 1. The Bertz CT molecular complexity index is 246. The van der Waals surface area contributed by atoms with Crippen molar-refractivity contribution in [3.63, 3.8) is 0 Å². The summed E-state index contributed by atoms with van der Waals surface area (Å²) in [5.74, 6) is 0. The zero-order valence-electron chi connectivity index (χ0n) is 9.79. The second kappa shape index (κ2) is 7.50. The van der Waals surface area contributed by atoms with Crippen LogP contribution in [0.4, 0.5) is 0 Å². The zero-order chi connectivity index (χ0) is 12.7. The molecule has 3 atom stereocenters. The van der Waals surface area contributed by atoms with Crippen LogP contribution in [0.25, 0.3) is 0 Å². The summed E-state index contributed by atoms with van der Waals surface area (Å²) in [5, 5.41) is 22.8. The zero-order valence-corrected chi connectivity index (χ0v) is 10.6. The van der Waals surface area contributed by atoms with Crippen LogP contribution in [0.3, 0.4) is 0 Å². The molecule has 16 heavy (non-hydrogen) atoms. The summed E-state index contributed by atoms with van der Waals surface area (Å²) < 4.78 is 0. The van der Waals surface area contributed by atoms with Gasteiger partial charge in [0, 0.05) is 6.04 Å². The van der Waals surface area contributed by atoms with Crippen molar-refractivity contribution in [2.24, 2.45) is 10.8 Å². The second-order valence-electron chi connectivity index (χ2n) is 3.86. The number of aliphatic hydroxyl groups excluding tert-OH is 2. The fourth-order valence-electron chi connectivity index (χ4n) is 1.28. The molecule has 0 amide bonds. The normalized spacial score (nSPS) is 17.4. The van der Waals surface area contributed by atoms with Gasteiger partial charge in [0.2, 0.25) is 0 Å². The van der Waals surface area contributed by atoms with Crippen molar-refractivity contribution in [2.45, 2.75) is 31.6 Å². The standard InChI is InChI=1S/C9H20N4O2S/c1-6(14)4-7(13(2)3)8(15)5-11-12-9(10)16/h5-8,14-15H,4H2,1-3H3,(H3,10,12,16)/b11-5+. The SMILES string of the molecule is CC(O)CC(C(O)/C=N/NC(N)=S)N(C)C. The third-order valence-corrected chi connectivity index (χ3v) is 2.13. The van der Waals surface area contributed by atoms with Gasteiger partial charge < -0.3 is 20.8 Å². The molecular formula is C9H20N4O2S. The van der Waals surface area contributed by atoms with E-state index in [2.05, 4.69) is 22.7 Å². The molecule has 0 fully saturated rings. The molecule has 94 valence electrons. The maximum atomic E-state index is 9.81. The lowest BCUT2D eigenvalue weighted by atomic mass is 10.0. The molecule has 6 nitrogen and oxygen atoms in total. The van der Waals surface area contributed by atoms with Gasteiger partial charge in [0.05, 0.1) is 12.3 Å². The number of hydrogen-bond acceptors (Lipinski definition) is 5. The van der Waals surface area contributed by atoms with Crippen LogP contribution in [0.5, 0.6) is 0 Å². The summed E-state index contributed by atoms with van der Waals surface area (Å²) in [4.78, 5) is 1.82. The Kier molecular flexibility index (Phi) is 7.15. The number of likely N-dealkylation sites (N-methyl/N-ethyl adjacent to an activating group) is 1. The molecule has 0 radical (unpaired) electrons. The molecule has 0 aromatic carbocycles. The van der Waals surface area contributed by atoms with Gasteiger partial charge in [0.1, 0.15) is 6.10 Å². The first kappa shape index (κ1) is 15.2. The second-order valence-corrected chi connectivity index (χ2v) is 4.30. The first-order chi connectivity index (χ1) is 7.34. The van der Waals surface area contributed by atoms with E-state index in [1.807, 2.05) is 19.0 Å². The summed E-state index contributed by atoms with van der Waals surface area (Å²) in [5.41, 5.74) is 7.53. The molecule has 0 saturated carbocycles. The van der Waals surface area contributed by atoms with E-state index in [1.54, 1.807) is 6.92 Å². The molecule has 5 N–H and O–H groups in total. The number of hydrazone groups is 1. The van der Waals surface area contributed by atoms with Gasteiger partial charge >= 0.3 is 0 Å². The Morgan fingerprint density at radius 1 is 1.56 bits per heavy atom. The molecule has 0 aliphatic heterocycles. The van der Waals surface area contributed by atoms with Crippen LogP contribution in [-0.4, -0.2) is 58.8 Å². The third kappa shape index (κ3) is 6.67. The van der Waals surface area contributed by atoms with E-state index in [-0.39, 0.29) is 11.2 Å². The third-order valence-electron chi connectivity index (χ3n) is 2.04. The smallest absolute Gasteiger partial charge is 0.184 e. The molecule has 0 bridgehead atoms. The summed E-state index contributed by atoms with van der Waals surface area (Å²) in [6, 6.07) is -0.211. The van der Waals surface area contributed by atoms with Crippen molar-refractivity contribution < 1.29 is 10.2 Å². The van der Waals surface area contributed by atoms with Gasteiger partial charge in [-0.2, -0.15) is 5.10 Å². The predicted octanol–water partition coefficient (Wildman–Crippen LogP) is -1.13. The number of rotatable bonds is 6. The van der Waals surface area contributed by atoms with E-state index in [0.717, 1.165) is 0 Å². The van der Waals surface area contributed by atoms with E-state index in [9.17, 15) is 10.2 Å². The lowest BCUT2D eigenvalue weighted by Gasteiger charge is -2.27. The molecule has 0 aliphatic rings. The van der Waals surface area contributed by atoms with Crippen molar-refractivity contribution in [2.75, 3.05) is 14.1 Å². The van der Waals surface area contributed by atoms with E-state index in [4.69, 9.17) is 5.73 Å². The lowest BCUT2D eigenvalue weighted by molar-refractivity contribution is 0.0779. The quantitative estimate of drug-likeness (QED) is 0.270. The average molecular weight is 248 g/mol. The minimum atomic E-state index is -0.800. The van der Waals surface area contributed by atoms with E-state index < -0.39 is 12.2 Å². The van der Waals surface area contributed by atoms with Crippen molar-refractivity contribution in [3.8, 4) is 0 Å². The minimum absolute atomic E-state index is 0.0420. The lowest BCUT2D eigenvalue weighted by Crippen LogP contribution is -2.42. The summed E-state index contributed by atoms with van der Waals surface area (Å²) in [6.07, 6.45) is 0.477. The van der Waals surface area contributed by atoms with E-state index >= 15 is 0 Å². The molecule has 0 rings (SSSR count). The minimum Gasteiger partial charge on any atom is -0.393 e. The number of nitrogens with zero attached hydrogens (tertiary/aromatic N) is 2. The van der Waals surface area contributed by atoms with Crippen LogP contribution in [0.15, 0.2) is 5.10 Å². The van der Waals surface area contributed by atoms with Crippen LogP contribution in [0.2, 0.25) is 0 Å². The van der Waals surface area contributed by atoms with Gasteiger partial charge in [0.25, 0.3) is 0 Å². The molecule has 0 spiro atoms. The Hall–Kier alpha value is -0.760. The van der Waals surface area contributed by atoms with Crippen LogP contribution >= 0.6 is 12.2 Å². The van der Waals surface area contributed by atoms with Crippen LogP contribution in [0, 0.1) is 0 Å². The van der Waals surface area contributed by atoms with Gasteiger partial charge in [-0.1, -0.05) is 0 Å². The fraction of sp³-hybridized carbons (Fsp3) is 0.778. The van der Waals surface area contributed by atoms with Gasteiger partial charge in [-0.25, -0.2) is 0 Å². The highest BCUT2D eigenvalue weighted by molar-refractivity contribution is 7.80. The average Bonchev–Trinajstić information content (AvgIpc) is 2.12. The summed E-state index contributed by atoms with van der Waals surface area (Å²) >= 11 is 4.56. The maximum Gasteiger partial charge on any atom is 0.184 e. The molecule has 3 unspecified atom stereocenters. The van der Waals surface area contributed by atoms with Crippen molar-refractivity contribution in [1.82, 2.24) is 10.3 Å². The van der Waals surface area contributed by atoms with Gasteiger partial charge in [-0.05, 0) is 39.7 Å². The topological polar surface area (TPSA) is 94.1 Å². The number of thiocarbonyl (C=S) groups is 1. The molecule has 0 aromatic rings. The molecular weight excluding hydrogens is 228 g/mol. The van der Waals surface area contributed by atoms with Crippen molar-refractivity contribution in [3.05, 3.63) is 0 Å². The molecule has 0 aromatic heterocycles. The van der Waals surface area contributed by atoms with E-state index in [1.165, 1.54) is 6.21 Å². The van der Waals surface area contributed by atoms with Gasteiger partial charge in [-0.15, -0.1) is 0 Å². The Balaban J connectivity index is 4.32. The molecule has 0 saturated heterocycles. The Morgan fingerprint density at radius 3 is 2.50 bits per heavy atom. The first-order valence-corrected chi connectivity index (χ1v) is 5.36. The summed E-state index contributed by atoms with van der Waals surface area (Å²) in [6.45, 7) is 1.67. The number of hydrogen-bond donors (Lipinski definition) is 4. The first-order valence-electron chi connectivity index (χ1n) is 4.95. The highest BCUT2D eigenvalue weighted by atomic mass is 32.1. The van der Waals surface area contributed by atoms with Gasteiger partial charge in [0.15, 0.2) is 5.11 Å². The molecule has 0 aliphatic carbocycles. The molecule has 7 heteroatoms. The van der Waals surface area contributed by atoms with Crippen LogP contribution < -0.4 is 11.2 Å². The molecule has 0 heterocycles. The van der Waals surface area contributed by atoms with Crippen molar-refractivity contribution >= 4 is 23.5 Å². The monoisotopic (exact) mass is 248 g/mol. The van der Waals surface area contributed by atoms with E-state index in [0.29, 0.717) is 6.42 Å². The fourth-order valence-corrected chi connectivity index (χ4v) is 1.33. The maximum absolute atomic E-state index is 9.81. The van der Waals surface area contributed by atoms with Crippen molar-refractivity contribution in [1.29, 1.82) is 0 Å². The largest absolute Gasteiger partial charge is 0.393 e. The van der Waals surface area contributed by atoms with Crippen LogP contribution in [-0.2, 0) is 0 Å². The summed E-state index contributed by atoms with van der Waals surface area (Å²) in [7, 11) is 3.65. The predicted molar refractivity (Wildman–Crippen MR) is 68.2 cm³/mol. The van der Waals surface area contributed by atoms with Gasteiger partial charge in [-0.3, -0.25) is 5.43 Å². The number of aliphatic hydroxyl groups is 2. The highest BCUT2D eigenvalue weighted by Gasteiger charge is 2.21. The van der Waals surface area contributed by atoms with Crippen LogP contribution in [0.1, 0.15) is 13.3 Å². The Morgan fingerprint density at radius 2 is 2.12 bits per heavy atom. The number of nitrogens with two attached hydrogens (primary N) is 1. The Labute approximate surface area is 101 Å². The highest BCUT2D eigenvalue weighted by Crippen LogP contribution is 2.07.